The zero-order valence-corrected chi connectivity index (χ0v) is 12.6. The van der Waals surface area contributed by atoms with Crippen LogP contribution in [0.3, 0.4) is 0 Å². The summed E-state index contributed by atoms with van der Waals surface area (Å²) in [4.78, 5) is 25.5. The lowest BCUT2D eigenvalue weighted by atomic mass is 10.1. The fourth-order valence-electron chi connectivity index (χ4n) is 2.49. The lowest BCUT2D eigenvalue weighted by Crippen LogP contribution is -2.50. The third-order valence-electron chi connectivity index (χ3n) is 3.68. The van der Waals surface area contributed by atoms with Crippen LogP contribution in [-0.2, 0) is 4.79 Å². The highest BCUT2D eigenvalue weighted by atomic mass is 16.2. The van der Waals surface area contributed by atoms with Gasteiger partial charge in [0.15, 0.2) is 0 Å². The number of nitrogens with one attached hydrogen (secondary N) is 2. The number of hydrogen-bond donors (Lipinski definition) is 2. The molecule has 0 saturated carbocycles. The van der Waals surface area contributed by atoms with Crippen molar-refractivity contribution in [3.63, 3.8) is 0 Å². The molecule has 1 aromatic rings. The normalized spacial score (nSPS) is 17.5. The van der Waals surface area contributed by atoms with Crippen LogP contribution in [-0.4, -0.2) is 36.0 Å². The standard InChI is InChI=1S/C16H20N4O2/c1-2-15(21)18-13-7-5-9-20(11-13)16(22)19-14-8-4-3-6-12(14)10-17/h3-4,6,8,13H,2,5,7,9,11H2,1H3,(H,18,21)(H,19,22). The highest BCUT2D eigenvalue weighted by Gasteiger charge is 2.24. The minimum Gasteiger partial charge on any atom is -0.352 e. The van der Waals surface area contributed by atoms with Crippen LogP contribution in [0.4, 0.5) is 10.5 Å². The van der Waals surface area contributed by atoms with Crippen molar-refractivity contribution in [1.29, 1.82) is 5.26 Å². The van der Waals surface area contributed by atoms with Gasteiger partial charge in [0, 0.05) is 25.6 Å². The van der Waals surface area contributed by atoms with Crippen molar-refractivity contribution in [3.05, 3.63) is 29.8 Å². The maximum atomic E-state index is 12.3. The first kappa shape index (κ1) is 15.8. The molecule has 0 aromatic heterocycles. The Hall–Kier alpha value is -2.55. The number of nitrogens with zero attached hydrogens (tertiary/aromatic N) is 2. The van der Waals surface area contributed by atoms with E-state index in [2.05, 4.69) is 16.7 Å². The first-order valence-corrected chi connectivity index (χ1v) is 7.48. The van der Waals surface area contributed by atoms with Gasteiger partial charge in [0.1, 0.15) is 6.07 Å². The Kier molecular flexibility index (Phi) is 5.37. The number of benzene rings is 1. The van der Waals surface area contributed by atoms with Crippen LogP contribution in [0.2, 0.25) is 0 Å². The van der Waals surface area contributed by atoms with Crippen LogP contribution in [0.1, 0.15) is 31.7 Å². The molecule has 1 aromatic carbocycles. The van der Waals surface area contributed by atoms with E-state index < -0.39 is 0 Å². The Bertz CT molecular complexity index is 594. The number of likely N-dealkylation sites (tertiary alicyclic amines) is 1. The molecule has 0 bridgehead atoms. The number of anilines is 1. The second-order valence-corrected chi connectivity index (χ2v) is 5.29. The number of para-hydroxylation sites is 1. The highest BCUT2D eigenvalue weighted by Crippen LogP contribution is 2.16. The maximum Gasteiger partial charge on any atom is 0.321 e. The van der Waals surface area contributed by atoms with Crippen molar-refractivity contribution in [2.24, 2.45) is 0 Å². The Morgan fingerprint density at radius 3 is 2.91 bits per heavy atom. The van der Waals surface area contributed by atoms with E-state index in [0.29, 0.717) is 30.8 Å². The maximum absolute atomic E-state index is 12.3. The van der Waals surface area contributed by atoms with Gasteiger partial charge in [-0.05, 0) is 25.0 Å². The first-order chi connectivity index (χ1) is 10.6. The number of nitriles is 1. The number of urea groups is 1. The first-order valence-electron chi connectivity index (χ1n) is 7.48. The second-order valence-electron chi connectivity index (χ2n) is 5.29. The van der Waals surface area contributed by atoms with Crippen molar-refractivity contribution < 1.29 is 9.59 Å². The van der Waals surface area contributed by atoms with E-state index in [0.717, 1.165) is 12.8 Å². The summed E-state index contributed by atoms with van der Waals surface area (Å²) in [6.07, 6.45) is 2.17. The van der Waals surface area contributed by atoms with Crippen LogP contribution < -0.4 is 10.6 Å². The van der Waals surface area contributed by atoms with E-state index in [9.17, 15) is 9.59 Å². The van der Waals surface area contributed by atoms with Crippen molar-refractivity contribution in [1.82, 2.24) is 10.2 Å². The van der Waals surface area contributed by atoms with E-state index in [1.54, 1.807) is 29.2 Å². The van der Waals surface area contributed by atoms with Gasteiger partial charge in [-0.1, -0.05) is 19.1 Å². The van der Waals surface area contributed by atoms with Crippen LogP contribution in [0.15, 0.2) is 24.3 Å². The minimum absolute atomic E-state index is 0.00170. The molecular weight excluding hydrogens is 280 g/mol. The summed E-state index contributed by atoms with van der Waals surface area (Å²) in [5, 5.41) is 14.7. The number of carbonyl (C=O) groups is 2. The summed E-state index contributed by atoms with van der Waals surface area (Å²) >= 11 is 0. The van der Waals surface area contributed by atoms with Crippen LogP contribution in [0.5, 0.6) is 0 Å². The second kappa shape index (κ2) is 7.46. The lowest BCUT2D eigenvalue weighted by Gasteiger charge is -2.33. The largest absolute Gasteiger partial charge is 0.352 e. The molecule has 2 N–H and O–H groups in total. The molecule has 1 unspecified atom stereocenters. The smallest absolute Gasteiger partial charge is 0.321 e. The predicted molar refractivity (Wildman–Crippen MR) is 83.2 cm³/mol. The summed E-state index contributed by atoms with van der Waals surface area (Å²) in [5.41, 5.74) is 0.943. The van der Waals surface area contributed by atoms with Gasteiger partial charge in [-0.25, -0.2) is 4.79 Å². The van der Waals surface area contributed by atoms with Crippen LogP contribution >= 0.6 is 0 Å². The van der Waals surface area contributed by atoms with E-state index >= 15 is 0 Å². The molecule has 0 spiro atoms. The number of carbonyl (C=O) groups excluding carboxylic acids is 2. The zero-order valence-electron chi connectivity index (χ0n) is 12.6. The van der Waals surface area contributed by atoms with Crippen LogP contribution in [0, 0.1) is 11.3 Å². The molecule has 1 heterocycles. The Labute approximate surface area is 130 Å². The van der Waals surface area contributed by atoms with E-state index in [1.807, 2.05) is 6.92 Å². The van der Waals surface area contributed by atoms with Crippen molar-refractivity contribution in [3.8, 4) is 6.07 Å². The molecule has 6 nitrogen and oxygen atoms in total. The monoisotopic (exact) mass is 300 g/mol. The molecule has 1 atom stereocenters. The van der Waals surface area contributed by atoms with Crippen molar-refractivity contribution in [2.75, 3.05) is 18.4 Å². The third kappa shape index (κ3) is 3.98. The molecule has 3 amide bonds. The molecular formula is C16H20N4O2. The molecule has 1 saturated heterocycles. The molecule has 0 radical (unpaired) electrons. The zero-order chi connectivity index (χ0) is 15.9. The van der Waals surface area contributed by atoms with Crippen LogP contribution in [0.25, 0.3) is 0 Å². The average molecular weight is 300 g/mol. The molecule has 6 heteroatoms. The SMILES string of the molecule is CCC(=O)NC1CCCN(C(=O)Nc2ccccc2C#N)C1. The van der Waals surface area contributed by atoms with Gasteiger partial charge in [0.25, 0.3) is 0 Å². The topological polar surface area (TPSA) is 85.2 Å². The summed E-state index contributed by atoms with van der Waals surface area (Å²) in [6, 6.07) is 8.71. The Morgan fingerprint density at radius 1 is 1.41 bits per heavy atom. The van der Waals surface area contributed by atoms with Gasteiger partial charge in [-0.15, -0.1) is 0 Å². The van der Waals surface area contributed by atoms with E-state index in [1.165, 1.54) is 0 Å². The summed E-state index contributed by atoms with van der Waals surface area (Å²) < 4.78 is 0. The number of piperidine rings is 1. The summed E-state index contributed by atoms with van der Waals surface area (Å²) in [6.45, 7) is 2.95. The molecule has 22 heavy (non-hydrogen) atoms. The molecule has 0 aliphatic carbocycles. The predicted octanol–water partition coefficient (Wildman–Crippen LogP) is 2.08. The third-order valence-corrected chi connectivity index (χ3v) is 3.68. The fraction of sp³-hybridized carbons (Fsp3) is 0.438. The summed E-state index contributed by atoms with van der Waals surface area (Å²) in [7, 11) is 0. The number of amides is 3. The number of rotatable bonds is 3. The Balaban J connectivity index is 1.97. The summed E-state index contributed by atoms with van der Waals surface area (Å²) in [5.74, 6) is 0.00193. The molecule has 1 fully saturated rings. The lowest BCUT2D eigenvalue weighted by molar-refractivity contribution is -0.121. The van der Waals surface area contributed by atoms with Gasteiger partial charge in [0.2, 0.25) is 5.91 Å². The quantitative estimate of drug-likeness (QED) is 0.896. The molecule has 1 aliphatic rings. The molecule has 116 valence electrons. The van der Waals surface area contributed by atoms with Gasteiger partial charge >= 0.3 is 6.03 Å². The van der Waals surface area contributed by atoms with Crippen molar-refractivity contribution >= 4 is 17.6 Å². The number of hydrogen-bond acceptors (Lipinski definition) is 3. The molecule has 1 aliphatic heterocycles. The fourth-order valence-corrected chi connectivity index (χ4v) is 2.49. The minimum atomic E-state index is -0.238. The van der Waals surface area contributed by atoms with Gasteiger partial charge in [-0.3, -0.25) is 4.79 Å². The van der Waals surface area contributed by atoms with Crippen molar-refractivity contribution in [2.45, 2.75) is 32.2 Å². The van der Waals surface area contributed by atoms with Gasteiger partial charge < -0.3 is 15.5 Å². The van der Waals surface area contributed by atoms with Gasteiger partial charge in [0.05, 0.1) is 11.3 Å². The average Bonchev–Trinajstić information content (AvgIpc) is 2.55. The van der Waals surface area contributed by atoms with E-state index in [4.69, 9.17) is 5.26 Å². The molecule has 2 rings (SSSR count). The van der Waals surface area contributed by atoms with Gasteiger partial charge in [-0.2, -0.15) is 5.26 Å². The van der Waals surface area contributed by atoms with E-state index in [-0.39, 0.29) is 18.0 Å². The Morgan fingerprint density at radius 2 is 2.18 bits per heavy atom. The highest BCUT2D eigenvalue weighted by molar-refractivity contribution is 5.91.